The summed E-state index contributed by atoms with van der Waals surface area (Å²) in [5.74, 6) is 0. The summed E-state index contributed by atoms with van der Waals surface area (Å²) in [5, 5.41) is 3.51. The van der Waals surface area contributed by atoms with Crippen molar-refractivity contribution >= 4 is 67.8 Å². The van der Waals surface area contributed by atoms with E-state index in [1.165, 1.54) is 21.2 Å². The van der Waals surface area contributed by atoms with Crippen LogP contribution in [0.15, 0.2) is 72.1 Å². The summed E-state index contributed by atoms with van der Waals surface area (Å²) in [5.41, 5.74) is 10.2. The standard InChI is InChI=1S/C28H18N4S/c1-2-4-28-24(3-1)26(16-33-28)25-14-23-13-21-8-7-19(30-21)11-17-5-6-18(29-17)12-20-9-10-22(31-20)15-27(25)32-23/h1-16,29,32H. The van der Waals surface area contributed by atoms with Crippen molar-refractivity contribution < 1.29 is 0 Å². The Balaban J connectivity index is 1.56. The zero-order chi connectivity index (χ0) is 21.8. The van der Waals surface area contributed by atoms with E-state index in [0.29, 0.717) is 0 Å². The lowest BCUT2D eigenvalue weighted by atomic mass is 10.1. The molecule has 5 heteroatoms. The zero-order valence-electron chi connectivity index (χ0n) is 17.5. The van der Waals surface area contributed by atoms with E-state index in [4.69, 9.17) is 9.97 Å². The van der Waals surface area contributed by atoms with Gasteiger partial charge in [-0.05, 0) is 78.2 Å². The van der Waals surface area contributed by atoms with E-state index in [0.717, 1.165) is 44.8 Å². The van der Waals surface area contributed by atoms with E-state index in [1.807, 2.05) is 6.08 Å². The Morgan fingerprint density at radius 3 is 1.94 bits per heavy atom. The Morgan fingerprint density at radius 2 is 1.21 bits per heavy atom. The summed E-state index contributed by atoms with van der Waals surface area (Å²) >= 11 is 1.77. The van der Waals surface area contributed by atoms with Crippen LogP contribution in [-0.4, -0.2) is 19.9 Å². The molecule has 2 N–H and O–H groups in total. The van der Waals surface area contributed by atoms with Crippen LogP contribution in [0.1, 0.15) is 22.8 Å². The highest BCUT2D eigenvalue weighted by Gasteiger charge is 2.11. The minimum Gasteiger partial charge on any atom is -0.355 e. The molecule has 0 aliphatic carbocycles. The number of hydrogen-bond donors (Lipinski definition) is 2. The van der Waals surface area contributed by atoms with Gasteiger partial charge in [-0.2, -0.15) is 0 Å². The third-order valence-electron chi connectivity index (χ3n) is 5.94. The molecule has 0 fully saturated rings. The maximum atomic E-state index is 4.82. The molecule has 156 valence electrons. The van der Waals surface area contributed by atoms with Crippen molar-refractivity contribution in [3.05, 3.63) is 94.9 Å². The highest BCUT2D eigenvalue weighted by molar-refractivity contribution is 7.17. The first kappa shape index (κ1) is 18.4. The fourth-order valence-electron chi connectivity index (χ4n) is 4.43. The van der Waals surface area contributed by atoms with E-state index in [1.54, 1.807) is 11.3 Å². The van der Waals surface area contributed by atoms with E-state index >= 15 is 0 Å². The molecule has 0 atom stereocenters. The Labute approximate surface area is 193 Å². The number of rotatable bonds is 1. The van der Waals surface area contributed by atoms with Gasteiger partial charge in [-0.15, -0.1) is 11.3 Å². The van der Waals surface area contributed by atoms with Gasteiger partial charge in [-0.3, -0.25) is 0 Å². The number of nitrogens with one attached hydrogen (secondary N) is 2. The SMILES string of the molecule is C1=Cc2cc3cc(-c4csc5ccccc45)c(cc4nc(cc5ccc(cc1n2)[nH]5)C=C4)[nH]3. The number of aromatic nitrogens is 4. The molecular weight excluding hydrogens is 424 g/mol. The van der Waals surface area contributed by atoms with Crippen LogP contribution in [0.5, 0.6) is 0 Å². The maximum Gasteiger partial charge on any atom is 0.0658 e. The van der Waals surface area contributed by atoms with E-state index in [-0.39, 0.29) is 0 Å². The van der Waals surface area contributed by atoms with Crippen LogP contribution in [0.4, 0.5) is 0 Å². The van der Waals surface area contributed by atoms with Crippen molar-refractivity contribution in [1.82, 2.24) is 19.9 Å². The first-order chi connectivity index (χ1) is 16.3. The molecule has 2 aliphatic heterocycles. The van der Waals surface area contributed by atoms with Gasteiger partial charge in [0.15, 0.2) is 0 Å². The smallest absolute Gasteiger partial charge is 0.0658 e. The van der Waals surface area contributed by atoms with E-state index < -0.39 is 0 Å². The van der Waals surface area contributed by atoms with Crippen molar-refractivity contribution in [2.45, 2.75) is 0 Å². The number of fused-ring (bicyclic) bond motifs is 9. The molecule has 6 heterocycles. The molecule has 8 bridgehead atoms. The second-order valence-electron chi connectivity index (χ2n) is 8.23. The molecule has 4 nitrogen and oxygen atoms in total. The average molecular weight is 443 g/mol. The summed E-state index contributed by atoms with van der Waals surface area (Å²) in [7, 11) is 0. The number of aromatic amines is 2. The van der Waals surface area contributed by atoms with Crippen molar-refractivity contribution in [1.29, 1.82) is 0 Å². The third-order valence-corrected chi connectivity index (χ3v) is 6.90. The molecule has 5 aromatic rings. The molecular formula is C28H18N4S. The van der Waals surface area contributed by atoms with Crippen LogP contribution >= 0.6 is 11.3 Å². The lowest BCUT2D eigenvalue weighted by Gasteiger charge is -1.97. The monoisotopic (exact) mass is 442 g/mol. The van der Waals surface area contributed by atoms with Crippen LogP contribution in [-0.2, 0) is 0 Å². The number of hydrogen-bond acceptors (Lipinski definition) is 3. The number of H-pyrrole nitrogens is 2. The van der Waals surface area contributed by atoms with Gasteiger partial charge in [0.05, 0.1) is 22.8 Å². The van der Waals surface area contributed by atoms with Crippen molar-refractivity contribution in [2.24, 2.45) is 0 Å². The molecule has 0 unspecified atom stereocenters. The fraction of sp³-hybridized carbons (Fsp3) is 0. The molecule has 4 aromatic heterocycles. The molecule has 0 saturated heterocycles. The average Bonchev–Trinajstić information content (AvgIpc) is 3.62. The molecule has 7 rings (SSSR count). The minimum absolute atomic E-state index is 0.926. The summed E-state index contributed by atoms with van der Waals surface area (Å²) < 4.78 is 1.29. The normalized spacial score (nSPS) is 12.6. The molecule has 33 heavy (non-hydrogen) atoms. The van der Waals surface area contributed by atoms with Gasteiger partial charge in [-0.25, -0.2) is 9.97 Å². The lowest BCUT2D eigenvalue weighted by molar-refractivity contribution is 1.31. The molecule has 0 amide bonds. The third kappa shape index (κ3) is 3.30. The summed E-state index contributed by atoms with van der Waals surface area (Å²) in [6, 6.07) is 23.2. The number of nitrogens with zero attached hydrogens (tertiary/aromatic N) is 2. The summed E-state index contributed by atoms with van der Waals surface area (Å²) in [6.45, 7) is 0. The van der Waals surface area contributed by atoms with Gasteiger partial charge in [0, 0.05) is 43.3 Å². The maximum absolute atomic E-state index is 4.82. The van der Waals surface area contributed by atoms with Crippen LogP contribution in [0, 0.1) is 0 Å². The van der Waals surface area contributed by atoms with E-state index in [9.17, 15) is 0 Å². The fourth-order valence-corrected chi connectivity index (χ4v) is 5.39. The van der Waals surface area contributed by atoms with Gasteiger partial charge < -0.3 is 9.97 Å². The Hall–Kier alpha value is -4.22. The van der Waals surface area contributed by atoms with Crippen molar-refractivity contribution in [2.75, 3.05) is 0 Å². The Morgan fingerprint density at radius 1 is 0.576 bits per heavy atom. The van der Waals surface area contributed by atoms with Gasteiger partial charge in [0.25, 0.3) is 0 Å². The highest BCUT2D eigenvalue weighted by atomic mass is 32.1. The Bertz CT molecular complexity index is 1780. The summed E-state index contributed by atoms with van der Waals surface area (Å²) in [4.78, 5) is 16.6. The van der Waals surface area contributed by atoms with Crippen LogP contribution in [0.3, 0.4) is 0 Å². The predicted octanol–water partition coefficient (Wildman–Crippen LogP) is 7.54. The molecule has 2 aliphatic rings. The number of thiophene rings is 1. The van der Waals surface area contributed by atoms with Crippen molar-refractivity contribution in [3.63, 3.8) is 0 Å². The van der Waals surface area contributed by atoms with Crippen LogP contribution in [0.2, 0.25) is 0 Å². The largest absolute Gasteiger partial charge is 0.355 e. The van der Waals surface area contributed by atoms with Gasteiger partial charge in [-0.1, -0.05) is 18.2 Å². The topological polar surface area (TPSA) is 57.4 Å². The molecule has 1 aromatic carbocycles. The van der Waals surface area contributed by atoms with Crippen molar-refractivity contribution in [3.8, 4) is 11.1 Å². The van der Waals surface area contributed by atoms with Crippen LogP contribution < -0.4 is 0 Å². The molecule has 0 radical (unpaired) electrons. The quantitative estimate of drug-likeness (QED) is 0.276. The zero-order valence-corrected chi connectivity index (χ0v) is 18.4. The predicted molar refractivity (Wildman–Crippen MR) is 140 cm³/mol. The number of benzene rings is 1. The molecule has 0 spiro atoms. The second-order valence-corrected chi connectivity index (χ2v) is 9.14. The first-order valence-corrected chi connectivity index (χ1v) is 11.7. The van der Waals surface area contributed by atoms with Gasteiger partial charge in [0.1, 0.15) is 0 Å². The summed E-state index contributed by atoms with van der Waals surface area (Å²) in [6.07, 6.45) is 8.20. The minimum atomic E-state index is 0.926. The van der Waals surface area contributed by atoms with Crippen LogP contribution in [0.25, 0.3) is 67.6 Å². The van der Waals surface area contributed by atoms with E-state index in [2.05, 4.69) is 100 Å². The Kier molecular flexibility index (Phi) is 3.98. The molecule has 0 saturated carbocycles. The first-order valence-electron chi connectivity index (χ1n) is 10.8. The van der Waals surface area contributed by atoms with Gasteiger partial charge in [0.2, 0.25) is 0 Å². The second kappa shape index (κ2) is 7.15. The highest BCUT2D eigenvalue weighted by Crippen LogP contribution is 2.37. The lowest BCUT2D eigenvalue weighted by Crippen LogP contribution is -1.76. The van der Waals surface area contributed by atoms with Gasteiger partial charge >= 0.3 is 0 Å².